The van der Waals surface area contributed by atoms with Gasteiger partial charge in [0.15, 0.2) is 0 Å². The lowest BCUT2D eigenvalue weighted by atomic mass is 10.2. The predicted molar refractivity (Wildman–Crippen MR) is 71.1 cm³/mol. The average Bonchev–Trinajstić information content (AvgIpc) is 2.27. The van der Waals surface area contributed by atoms with Gasteiger partial charge in [-0.05, 0) is 26.3 Å². The molecule has 0 saturated carbocycles. The SMILES string of the molecule is CC(C)(C)OC(=O)/C=C/COCc1ccccc1. The zero-order valence-electron chi connectivity index (χ0n) is 11.2. The maximum Gasteiger partial charge on any atom is 0.331 e. The summed E-state index contributed by atoms with van der Waals surface area (Å²) in [6.07, 6.45) is 3.06. The zero-order valence-corrected chi connectivity index (χ0v) is 11.2. The van der Waals surface area contributed by atoms with E-state index in [-0.39, 0.29) is 5.97 Å². The van der Waals surface area contributed by atoms with Crippen molar-refractivity contribution in [2.75, 3.05) is 6.61 Å². The first-order chi connectivity index (χ1) is 8.47. The summed E-state index contributed by atoms with van der Waals surface area (Å²) in [6, 6.07) is 9.89. The van der Waals surface area contributed by atoms with E-state index in [9.17, 15) is 4.79 Å². The minimum absolute atomic E-state index is 0.342. The molecular formula is C15H20O3. The molecule has 0 fully saturated rings. The first kappa shape index (κ1) is 14.5. The van der Waals surface area contributed by atoms with Gasteiger partial charge in [-0.25, -0.2) is 4.79 Å². The van der Waals surface area contributed by atoms with Crippen molar-refractivity contribution in [3.05, 3.63) is 48.0 Å². The smallest absolute Gasteiger partial charge is 0.331 e. The van der Waals surface area contributed by atoms with Crippen molar-refractivity contribution in [3.63, 3.8) is 0 Å². The maximum absolute atomic E-state index is 11.3. The average molecular weight is 248 g/mol. The number of ether oxygens (including phenoxy) is 2. The van der Waals surface area contributed by atoms with E-state index in [1.54, 1.807) is 6.08 Å². The fraction of sp³-hybridized carbons (Fsp3) is 0.400. The fourth-order valence-electron chi connectivity index (χ4n) is 1.30. The van der Waals surface area contributed by atoms with E-state index in [0.717, 1.165) is 5.56 Å². The summed E-state index contributed by atoms with van der Waals surface area (Å²) in [5.74, 6) is -0.342. The standard InChI is InChI=1S/C15H20O3/c1-15(2,3)18-14(16)10-7-11-17-12-13-8-5-4-6-9-13/h4-10H,11-12H2,1-3H3/b10-7+. The lowest BCUT2D eigenvalue weighted by Crippen LogP contribution is -2.22. The first-order valence-electron chi connectivity index (χ1n) is 5.98. The van der Waals surface area contributed by atoms with Crippen LogP contribution in [0.25, 0.3) is 0 Å². The van der Waals surface area contributed by atoms with Crippen LogP contribution >= 0.6 is 0 Å². The number of carbonyl (C=O) groups excluding carboxylic acids is 1. The van der Waals surface area contributed by atoms with Gasteiger partial charge in [0.25, 0.3) is 0 Å². The number of hydrogen-bond donors (Lipinski definition) is 0. The highest BCUT2D eigenvalue weighted by Gasteiger charge is 2.13. The molecule has 0 N–H and O–H groups in total. The van der Waals surface area contributed by atoms with Gasteiger partial charge in [0.1, 0.15) is 5.60 Å². The molecule has 1 rings (SSSR count). The second kappa shape index (κ2) is 6.97. The van der Waals surface area contributed by atoms with Gasteiger partial charge >= 0.3 is 5.97 Å². The summed E-state index contributed by atoms with van der Waals surface area (Å²) >= 11 is 0. The Labute approximate surface area is 108 Å². The number of esters is 1. The molecule has 0 aliphatic carbocycles. The van der Waals surface area contributed by atoms with Crippen molar-refractivity contribution >= 4 is 5.97 Å². The molecular weight excluding hydrogens is 228 g/mol. The molecule has 0 radical (unpaired) electrons. The molecule has 18 heavy (non-hydrogen) atoms. The Kier molecular flexibility index (Phi) is 5.59. The van der Waals surface area contributed by atoms with Gasteiger partial charge in [0.05, 0.1) is 13.2 Å². The van der Waals surface area contributed by atoms with E-state index in [2.05, 4.69) is 0 Å². The lowest BCUT2D eigenvalue weighted by Gasteiger charge is -2.17. The molecule has 0 aliphatic rings. The third-order valence-electron chi connectivity index (χ3n) is 1.99. The van der Waals surface area contributed by atoms with E-state index in [0.29, 0.717) is 13.2 Å². The lowest BCUT2D eigenvalue weighted by molar-refractivity contribution is -0.148. The zero-order chi connectivity index (χ0) is 13.4. The van der Waals surface area contributed by atoms with Crippen molar-refractivity contribution in [1.29, 1.82) is 0 Å². The fourth-order valence-corrected chi connectivity index (χ4v) is 1.30. The molecule has 0 heterocycles. The molecule has 0 bridgehead atoms. The predicted octanol–water partition coefficient (Wildman–Crippen LogP) is 3.10. The van der Waals surface area contributed by atoms with Crippen LogP contribution in [0.2, 0.25) is 0 Å². The Morgan fingerprint density at radius 1 is 1.22 bits per heavy atom. The van der Waals surface area contributed by atoms with Gasteiger partial charge in [-0.2, -0.15) is 0 Å². The maximum atomic E-state index is 11.3. The molecule has 0 spiro atoms. The minimum atomic E-state index is -0.452. The van der Waals surface area contributed by atoms with Crippen LogP contribution in [0.4, 0.5) is 0 Å². The third-order valence-corrected chi connectivity index (χ3v) is 1.99. The summed E-state index contributed by atoms with van der Waals surface area (Å²) in [4.78, 5) is 11.3. The van der Waals surface area contributed by atoms with Crippen LogP contribution in [0.1, 0.15) is 26.3 Å². The summed E-state index contributed by atoms with van der Waals surface area (Å²) in [5.41, 5.74) is 0.662. The second-order valence-electron chi connectivity index (χ2n) is 4.94. The van der Waals surface area contributed by atoms with Crippen LogP contribution in [0, 0.1) is 0 Å². The van der Waals surface area contributed by atoms with Crippen LogP contribution in [0.3, 0.4) is 0 Å². The van der Waals surface area contributed by atoms with E-state index >= 15 is 0 Å². The van der Waals surface area contributed by atoms with E-state index < -0.39 is 5.60 Å². The quantitative estimate of drug-likeness (QED) is 0.456. The topological polar surface area (TPSA) is 35.5 Å². The Morgan fingerprint density at radius 2 is 1.89 bits per heavy atom. The summed E-state index contributed by atoms with van der Waals surface area (Å²) < 4.78 is 10.5. The van der Waals surface area contributed by atoms with Crippen molar-refractivity contribution in [2.45, 2.75) is 33.0 Å². The van der Waals surface area contributed by atoms with Gasteiger partial charge in [0, 0.05) is 6.08 Å². The van der Waals surface area contributed by atoms with Crippen LogP contribution in [-0.4, -0.2) is 18.2 Å². The van der Waals surface area contributed by atoms with Crippen molar-refractivity contribution in [3.8, 4) is 0 Å². The molecule has 3 heteroatoms. The number of rotatable bonds is 5. The highest BCUT2D eigenvalue weighted by atomic mass is 16.6. The van der Waals surface area contributed by atoms with Crippen LogP contribution in [0.15, 0.2) is 42.5 Å². The van der Waals surface area contributed by atoms with Gasteiger partial charge in [0.2, 0.25) is 0 Å². The van der Waals surface area contributed by atoms with Crippen molar-refractivity contribution in [2.24, 2.45) is 0 Å². The second-order valence-corrected chi connectivity index (χ2v) is 4.94. The van der Waals surface area contributed by atoms with Crippen molar-refractivity contribution in [1.82, 2.24) is 0 Å². The number of carbonyl (C=O) groups is 1. The Morgan fingerprint density at radius 3 is 2.50 bits per heavy atom. The highest BCUT2D eigenvalue weighted by Crippen LogP contribution is 2.07. The highest BCUT2D eigenvalue weighted by molar-refractivity contribution is 5.82. The molecule has 0 aromatic heterocycles. The largest absolute Gasteiger partial charge is 0.457 e. The van der Waals surface area contributed by atoms with E-state index in [1.807, 2.05) is 51.1 Å². The van der Waals surface area contributed by atoms with E-state index in [4.69, 9.17) is 9.47 Å². The van der Waals surface area contributed by atoms with Gasteiger partial charge in [-0.15, -0.1) is 0 Å². The molecule has 1 aromatic carbocycles. The monoisotopic (exact) mass is 248 g/mol. The molecule has 1 aromatic rings. The molecule has 0 atom stereocenters. The molecule has 0 saturated heterocycles. The Bertz CT molecular complexity index is 388. The first-order valence-corrected chi connectivity index (χ1v) is 5.98. The number of hydrogen-bond acceptors (Lipinski definition) is 3. The van der Waals surface area contributed by atoms with E-state index in [1.165, 1.54) is 6.08 Å². The number of benzene rings is 1. The minimum Gasteiger partial charge on any atom is -0.457 e. The summed E-state index contributed by atoms with van der Waals surface area (Å²) in [7, 11) is 0. The molecule has 98 valence electrons. The van der Waals surface area contributed by atoms with Crippen LogP contribution in [0.5, 0.6) is 0 Å². The summed E-state index contributed by atoms with van der Waals surface area (Å²) in [5, 5.41) is 0. The molecule has 0 unspecified atom stereocenters. The van der Waals surface area contributed by atoms with Gasteiger partial charge in [-0.3, -0.25) is 0 Å². The van der Waals surface area contributed by atoms with Crippen LogP contribution in [-0.2, 0) is 20.9 Å². The van der Waals surface area contributed by atoms with Crippen molar-refractivity contribution < 1.29 is 14.3 Å². The molecule has 0 aliphatic heterocycles. The Hall–Kier alpha value is -1.61. The molecule has 3 nitrogen and oxygen atoms in total. The van der Waals surface area contributed by atoms with Gasteiger partial charge in [-0.1, -0.05) is 36.4 Å². The molecule has 0 amide bonds. The van der Waals surface area contributed by atoms with Crippen LogP contribution < -0.4 is 0 Å². The van der Waals surface area contributed by atoms with Gasteiger partial charge < -0.3 is 9.47 Å². The third kappa shape index (κ3) is 6.86. The normalized spacial score (nSPS) is 11.7. The summed E-state index contributed by atoms with van der Waals surface area (Å²) in [6.45, 7) is 6.45. The Balaban J connectivity index is 2.20.